The monoisotopic (exact) mass is 546 g/mol. The molecule has 1 aromatic carbocycles. The molecule has 2 unspecified atom stereocenters. The summed E-state index contributed by atoms with van der Waals surface area (Å²) >= 11 is 0. The molecule has 1 heterocycles. The summed E-state index contributed by atoms with van der Waals surface area (Å²) in [5, 5.41) is 0. The van der Waals surface area contributed by atoms with E-state index in [9.17, 15) is 9.59 Å². The Kier molecular flexibility index (Phi) is 16.9. The summed E-state index contributed by atoms with van der Waals surface area (Å²) in [5.74, 6) is 0.475. The highest BCUT2D eigenvalue weighted by atomic mass is 16.7. The van der Waals surface area contributed by atoms with Crippen molar-refractivity contribution in [3.63, 3.8) is 0 Å². The van der Waals surface area contributed by atoms with E-state index < -0.39 is 6.16 Å². The third-order valence-electron chi connectivity index (χ3n) is 7.36. The van der Waals surface area contributed by atoms with Crippen LogP contribution in [0.2, 0.25) is 0 Å². The molecule has 221 valence electrons. The molecule has 1 radical (unpaired) electrons. The van der Waals surface area contributed by atoms with Gasteiger partial charge in [-0.1, -0.05) is 71.4 Å². The second-order valence-electron chi connectivity index (χ2n) is 10.9. The molecule has 0 amide bonds. The Morgan fingerprint density at radius 1 is 0.949 bits per heavy atom. The van der Waals surface area contributed by atoms with E-state index in [1.54, 1.807) is 0 Å². The number of piperidine rings is 1. The van der Waals surface area contributed by atoms with Gasteiger partial charge in [-0.3, -0.25) is 0 Å². The van der Waals surface area contributed by atoms with Gasteiger partial charge in [-0.05, 0) is 74.4 Å². The van der Waals surface area contributed by atoms with Crippen molar-refractivity contribution in [1.82, 2.24) is 4.90 Å². The van der Waals surface area contributed by atoms with Crippen LogP contribution in [0, 0.1) is 18.8 Å². The van der Waals surface area contributed by atoms with Gasteiger partial charge in [0.2, 0.25) is 0 Å². The van der Waals surface area contributed by atoms with E-state index in [0.29, 0.717) is 25.0 Å². The van der Waals surface area contributed by atoms with Crippen molar-refractivity contribution in [2.24, 2.45) is 11.8 Å². The number of carbonyl (C=O) groups excluding carboxylic acids is 2. The summed E-state index contributed by atoms with van der Waals surface area (Å²) in [6.07, 6.45) is 11.2. The molecule has 0 aromatic heterocycles. The molecule has 0 N–H and O–H groups in total. The van der Waals surface area contributed by atoms with E-state index in [1.165, 1.54) is 38.5 Å². The van der Waals surface area contributed by atoms with Crippen molar-refractivity contribution in [1.29, 1.82) is 0 Å². The lowest BCUT2D eigenvalue weighted by Gasteiger charge is -2.31. The van der Waals surface area contributed by atoms with Crippen molar-refractivity contribution in [3.8, 4) is 0 Å². The second-order valence-corrected chi connectivity index (χ2v) is 10.9. The zero-order valence-corrected chi connectivity index (χ0v) is 24.7. The summed E-state index contributed by atoms with van der Waals surface area (Å²) in [4.78, 5) is 26.8. The molecule has 0 aliphatic carbocycles. The maximum atomic E-state index is 12.3. The molecule has 7 nitrogen and oxygen atoms in total. The topological polar surface area (TPSA) is 74.3 Å². The first kappa shape index (κ1) is 33.1. The zero-order chi connectivity index (χ0) is 28.3. The van der Waals surface area contributed by atoms with Crippen LogP contribution in [0.4, 0.5) is 4.79 Å². The Hall–Kier alpha value is -2.12. The minimum Gasteiger partial charge on any atom is -0.459 e. The number of unbranched alkanes of at least 4 members (excludes halogenated alkanes) is 4. The van der Waals surface area contributed by atoms with E-state index in [0.717, 1.165) is 62.0 Å². The van der Waals surface area contributed by atoms with Crippen LogP contribution in [0.25, 0.3) is 0 Å². The number of hydrogen-bond acceptors (Lipinski definition) is 7. The number of carbonyl (C=O) groups is 2. The lowest BCUT2D eigenvalue weighted by atomic mass is 9.96. The normalized spacial score (nSPS) is 16.6. The van der Waals surface area contributed by atoms with E-state index in [1.807, 2.05) is 18.2 Å². The van der Waals surface area contributed by atoms with Gasteiger partial charge in [0.25, 0.3) is 0 Å². The average Bonchev–Trinajstić information content (AvgIpc) is 2.94. The molecule has 39 heavy (non-hydrogen) atoms. The fraction of sp³-hybridized carbons (Fsp3) is 0.719. The molecule has 1 saturated heterocycles. The molecule has 1 aromatic rings. The second kappa shape index (κ2) is 19.9. The van der Waals surface area contributed by atoms with Gasteiger partial charge in [-0.15, -0.1) is 0 Å². The van der Waals surface area contributed by atoms with Crippen LogP contribution in [0.1, 0.15) is 102 Å². The van der Waals surface area contributed by atoms with Gasteiger partial charge >= 0.3 is 12.1 Å². The van der Waals surface area contributed by atoms with Gasteiger partial charge < -0.3 is 23.8 Å². The van der Waals surface area contributed by atoms with Crippen LogP contribution < -0.4 is 0 Å². The highest BCUT2D eigenvalue weighted by Crippen LogP contribution is 2.19. The van der Waals surface area contributed by atoms with Gasteiger partial charge in [0.15, 0.2) is 0 Å². The SMILES string of the molecule is [CH2]c1cc(COC(=O)COCC(CCCC)CCCCCC)cc(COC(=O)OCC2CCCN(CC)C2)c1. The molecule has 0 bridgehead atoms. The van der Waals surface area contributed by atoms with Crippen molar-refractivity contribution < 1.29 is 28.5 Å². The zero-order valence-electron chi connectivity index (χ0n) is 24.7. The van der Waals surface area contributed by atoms with E-state index in [4.69, 9.17) is 18.9 Å². The molecule has 1 fully saturated rings. The van der Waals surface area contributed by atoms with Crippen molar-refractivity contribution in [2.75, 3.05) is 39.5 Å². The number of ether oxygens (including phenoxy) is 4. The first-order valence-corrected chi connectivity index (χ1v) is 15.1. The Labute approximate surface area is 236 Å². The number of likely N-dealkylation sites (tertiary alicyclic amines) is 1. The van der Waals surface area contributed by atoms with Crippen LogP contribution >= 0.6 is 0 Å². The molecule has 7 heteroatoms. The fourth-order valence-electron chi connectivity index (χ4n) is 5.13. The Bertz CT molecular complexity index is 829. The predicted octanol–water partition coefficient (Wildman–Crippen LogP) is 7.09. The first-order valence-electron chi connectivity index (χ1n) is 15.1. The number of benzene rings is 1. The lowest BCUT2D eigenvalue weighted by molar-refractivity contribution is -0.150. The minimum atomic E-state index is -0.661. The quantitative estimate of drug-likeness (QED) is 0.135. The maximum Gasteiger partial charge on any atom is 0.508 e. The molecule has 0 spiro atoms. The Morgan fingerprint density at radius 3 is 2.38 bits per heavy atom. The summed E-state index contributed by atoms with van der Waals surface area (Å²) < 4.78 is 21.8. The third-order valence-corrected chi connectivity index (χ3v) is 7.36. The molecule has 1 aliphatic rings. The fourth-order valence-corrected chi connectivity index (χ4v) is 5.13. The van der Waals surface area contributed by atoms with Gasteiger partial charge in [0.05, 0.1) is 13.2 Å². The van der Waals surface area contributed by atoms with Crippen LogP contribution in [0.15, 0.2) is 18.2 Å². The highest BCUT2D eigenvalue weighted by molar-refractivity contribution is 5.70. The molecule has 1 aliphatic heterocycles. The standard InChI is InChI=1S/C32H52NO6/c1-5-8-10-11-14-27(13-9-6-2)21-36-25-31(34)37-23-29-17-26(4)18-30(19-29)24-39-32(35)38-22-28-15-12-16-33(7-3)20-28/h17-19,27-28H,4-16,20-25H2,1-3H3. The average molecular weight is 547 g/mol. The van der Waals surface area contributed by atoms with Gasteiger partial charge in [-0.2, -0.15) is 0 Å². The minimum absolute atomic E-state index is 0.0412. The Balaban J connectivity index is 1.69. The van der Waals surface area contributed by atoms with Crippen molar-refractivity contribution in [2.45, 2.75) is 98.2 Å². The van der Waals surface area contributed by atoms with E-state index >= 15 is 0 Å². The first-order chi connectivity index (χ1) is 18.9. The number of nitrogens with zero attached hydrogens (tertiary/aromatic N) is 1. The van der Waals surface area contributed by atoms with Crippen LogP contribution in [0.5, 0.6) is 0 Å². The van der Waals surface area contributed by atoms with Gasteiger partial charge in [0.1, 0.15) is 19.8 Å². The highest BCUT2D eigenvalue weighted by Gasteiger charge is 2.20. The maximum absolute atomic E-state index is 12.3. The summed E-state index contributed by atoms with van der Waals surface area (Å²) in [7, 11) is 0. The van der Waals surface area contributed by atoms with Crippen molar-refractivity contribution in [3.05, 3.63) is 41.8 Å². The van der Waals surface area contributed by atoms with Crippen LogP contribution in [-0.2, 0) is 37.0 Å². The number of hydrogen-bond donors (Lipinski definition) is 0. The van der Waals surface area contributed by atoms with Gasteiger partial charge in [0, 0.05) is 12.5 Å². The summed E-state index contributed by atoms with van der Waals surface area (Å²) in [6.45, 7) is 14.8. The molecule has 0 saturated carbocycles. The lowest BCUT2D eigenvalue weighted by Crippen LogP contribution is -2.37. The molecular weight excluding hydrogens is 494 g/mol. The number of rotatable bonds is 19. The largest absolute Gasteiger partial charge is 0.508 e. The van der Waals surface area contributed by atoms with Crippen LogP contribution in [-0.4, -0.2) is 56.5 Å². The smallest absolute Gasteiger partial charge is 0.459 e. The van der Waals surface area contributed by atoms with E-state index in [-0.39, 0.29) is 25.8 Å². The predicted molar refractivity (Wildman–Crippen MR) is 154 cm³/mol. The number of esters is 1. The van der Waals surface area contributed by atoms with Gasteiger partial charge in [-0.25, -0.2) is 9.59 Å². The summed E-state index contributed by atoms with van der Waals surface area (Å²) in [5.41, 5.74) is 2.33. The molecular formula is C32H52NO6. The summed E-state index contributed by atoms with van der Waals surface area (Å²) in [6, 6.07) is 5.56. The molecule has 2 atom stereocenters. The van der Waals surface area contributed by atoms with E-state index in [2.05, 4.69) is 32.6 Å². The Morgan fingerprint density at radius 2 is 1.67 bits per heavy atom. The van der Waals surface area contributed by atoms with Crippen molar-refractivity contribution >= 4 is 12.1 Å². The molecule has 2 rings (SSSR count). The van der Waals surface area contributed by atoms with Crippen LogP contribution in [0.3, 0.4) is 0 Å². The third kappa shape index (κ3) is 14.7.